The molecule has 100 valence electrons. The van der Waals surface area contributed by atoms with E-state index >= 15 is 0 Å². The van der Waals surface area contributed by atoms with Gasteiger partial charge < -0.3 is 5.32 Å². The Morgan fingerprint density at radius 2 is 2.10 bits per heavy atom. The van der Waals surface area contributed by atoms with Gasteiger partial charge in [-0.15, -0.1) is 0 Å². The molecule has 1 aromatic carbocycles. The average molecular weight is 267 g/mol. The second kappa shape index (κ2) is 4.93. The summed E-state index contributed by atoms with van der Waals surface area (Å²) < 4.78 is 13.1. The number of nitrogens with one attached hydrogen (secondary N) is 1. The minimum absolute atomic E-state index is 0.270. The van der Waals surface area contributed by atoms with Crippen LogP contribution in [0, 0.1) is 24.1 Å². The molecule has 20 heavy (non-hydrogen) atoms. The Labute approximate surface area is 117 Å². The van der Waals surface area contributed by atoms with Gasteiger partial charge in [-0.25, -0.2) is 9.37 Å². The molecule has 1 aromatic heterocycles. The standard InChI is InChI=1S/C16H14FN3/c1-10-8-13(17)5-7-14(10)19-16-12(9-18)4-6-15(20-16)11-2-3-11/h4-8,11H,2-3H2,1H3,(H,19,20). The lowest BCUT2D eigenvalue weighted by molar-refractivity contribution is 0.627. The molecular weight excluding hydrogens is 253 g/mol. The van der Waals surface area contributed by atoms with Crippen LogP contribution >= 0.6 is 0 Å². The highest BCUT2D eigenvalue weighted by molar-refractivity contribution is 5.65. The van der Waals surface area contributed by atoms with Crippen molar-refractivity contribution in [2.45, 2.75) is 25.7 Å². The summed E-state index contributed by atoms with van der Waals surface area (Å²) in [6.07, 6.45) is 2.32. The van der Waals surface area contributed by atoms with Crippen LogP contribution in [0.25, 0.3) is 0 Å². The number of hydrogen-bond acceptors (Lipinski definition) is 3. The normalized spacial score (nSPS) is 13.8. The first-order valence-electron chi connectivity index (χ1n) is 6.61. The van der Waals surface area contributed by atoms with Gasteiger partial charge in [-0.05, 0) is 55.7 Å². The van der Waals surface area contributed by atoms with Crippen LogP contribution < -0.4 is 5.32 Å². The van der Waals surface area contributed by atoms with Gasteiger partial charge in [-0.1, -0.05) is 0 Å². The number of benzene rings is 1. The molecule has 1 aliphatic carbocycles. The van der Waals surface area contributed by atoms with Crippen LogP contribution in [-0.4, -0.2) is 4.98 Å². The number of aromatic nitrogens is 1. The van der Waals surface area contributed by atoms with Gasteiger partial charge in [0, 0.05) is 17.3 Å². The van der Waals surface area contributed by atoms with Crippen LogP contribution in [0.3, 0.4) is 0 Å². The molecule has 4 heteroatoms. The Bertz CT molecular complexity index is 699. The van der Waals surface area contributed by atoms with Crippen molar-refractivity contribution in [1.82, 2.24) is 4.98 Å². The van der Waals surface area contributed by atoms with Crippen LogP contribution in [0.1, 0.15) is 35.6 Å². The van der Waals surface area contributed by atoms with Crippen molar-refractivity contribution < 1.29 is 4.39 Å². The van der Waals surface area contributed by atoms with E-state index in [9.17, 15) is 4.39 Å². The molecule has 1 N–H and O–H groups in total. The zero-order valence-corrected chi connectivity index (χ0v) is 11.2. The summed E-state index contributed by atoms with van der Waals surface area (Å²) in [5.41, 5.74) is 3.07. The molecule has 0 saturated heterocycles. The molecule has 1 aliphatic rings. The molecule has 0 aliphatic heterocycles. The number of nitriles is 1. The molecule has 0 atom stereocenters. The van der Waals surface area contributed by atoms with Gasteiger partial charge >= 0.3 is 0 Å². The Hall–Kier alpha value is -2.41. The lowest BCUT2D eigenvalue weighted by Crippen LogP contribution is -2.01. The molecule has 3 rings (SSSR count). The number of hydrogen-bond donors (Lipinski definition) is 1. The minimum atomic E-state index is -0.270. The second-order valence-corrected chi connectivity index (χ2v) is 5.10. The first-order chi connectivity index (χ1) is 9.67. The predicted molar refractivity (Wildman–Crippen MR) is 75.3 cm³/mol. The summed E-state index contributed by atoms with van der Waals surface area (Å²) in [4.78, 5) is 4.54. The lowest BCUT2D eigenvalue weighted by Gasteiger charge is -2.11. The summed E-state index contributed by atoms with van der Waals surface area (Å²) in [7, 11) is 0. The number of rotatable bonds is 3. The predicted octanol–water partition coefficient (Wildman–Crippen LogP) is 4.02. The van der Waals surface area contributed by atoms with Crippen molar-refractivity contribution in [2.24, 2.45) is 0 Å². The Kier molecular flexibility index (Phi) is 3.11. The van der Waals surface area contributed by atoms with E-state index in [1.807, 2.05) is 13.0 Å². The van der Waals surface area contributed by atoms with E-state index < -0.39 is 0 Å². The molecule has 1 fully saturated rings. The quantitative estimate of drug-likeness (QED) is 0.913. The van der Waals surface area contributed by atoms with Crippen LogP contribution in [0.15, 0.2) is 30.3 Å². The molecule has 0 bridgehead atoms. The largest absolute Gasteiger partial charge is 0.339 e. The van der Waals surface area contributed by atoms with Crippen molar-refractivity contribution >= 4 is 11.5 Å². The number of halogens is 1. The summed E-state index contributed by atoms with van der Waals surface area (Å²) in [6, 6.07) is 10.4. The molecule has 0 spiro atoms. The summed E-state index contributed by atoms with van der Waals surface area (Å²) in [5.74, 6) is 0.803. The van der Waals surface area contributed by atoms with Crippen molar-refractivity contribution in [3.8, 4) is 6.07 Å². The molecule has 0 radical (unpaired) electrons. The average Bonchev–Trinajstić information content (AvgIpc) is 3.26. The zero-order chi connectivity index (χ0) is 14.1. The second-order valence-electron chi connectivity index (χ2n) is 5.10. The van der Waals surface area contributed by atoms with Gasteiger partial charge in [0.25, 0.3) is 0 Å². The van der Waals surface area contributed by atoms with Crippen molar-refractivity contribution in [1.29, 1.82) is 5.26 Å². The van der Waals surface area contributed by atoms with Gasteiger partial charge in [0.15, 0.2) is 0 Å². The molecule has 0 amide bonds. The third-order valence-electron chi connectivity index (χ3n) is 3.47. The molecule has 1 saturated carbocycles. The zero-order valence-electron chi connectivity index (χ0n) is 11.2. The highest BCUT2D eigenvalue weighted by Crippen LogP contribution is 2.39. The Morgan fingerprint density at radius 3 is 2.75 bits per heavy atom. The van der Waals surface area contributed by atoms with Gasteiger partial charge in [0.05, 0.1) is 5.56 Å². The third-order valence-corrected chi connectivity index (χ3v) is 3.47. The SMILES string of the molecule is Cc1cc(F)ccc1Nc1nc(C2CC2)ccc1C#N. The third kappa shape index (κ3) is 2.48. The lowest BCUT2D eigenvalue weighted by atomic mass is 10.1. The maximum absolute atomic E-state index is 13.1. The summed E-state index contributed by atoms with van der Waals surface area (Å²) >= 11 is 0. The van der Waals surface area contributed by atoms with Gasteiger partial charge in [0.1, 0.15) is 17.7 Å². The molecule has 2 aromatic rings. The smallest absolute Gasteiger partial charge is 0.148 e. The summed E-state index contributed by atoms with van der Waals surface area (Å²) in [5, 5.41) is 12.3. The van der Waals surface area contributed by atoms with Crippen LogP contribution in [0.5, 0.6) is 0 Å². The molecule has 0 unspecified atom stereocenters. The number of nitrogens with zero attached hydrogens (tertiary/aromatic N) is 2. The van der Waals surface area contributed by atoms with Crippen molar-refractivity contribution in [3.63, 3.8) is 0 Å². The van der Waals surface area contributed by atoms with Crippen LogP contribution in [0.4, 0.5) is 15.9 Å². The maximum atomic E-state index is 13.1. The number of anilines is 2. The van der Waals surface area contributed by atoms with Gasteiger partial charge in [0.2, 0.25) is 0 Å². The Morgan fingerprint density at radius 1 is 1.30 bits per heavy atom. The van der Waals surface area contributed by atoms with Gasteiger partial charge in [-0.2, -0.15) is 5.26 Å². The van der Waals surface area contributed by atoms with E-state index in [1.165, 1.54) is 12.1 Å². The maximum Gasteiger partial charge on any atom is 0.148 e. The van der Waals surface area contributed by atoms with E-state index in [4.69, 9.17) is 5.26 Å². The van der Waals surface area contributed by atoms with E-state index in [2.05, 4.69) is 16.4 Å². The monoisotopic (exact) mass is 267 g/mol. The fraction of sp³-hybridized carbons (Fsp3) is 0.250. The first-order valence-corrected chi connectivity index (χ1v) is 6.61. The highest BCUT2D eigenvalue weighted by Gasteiger charge is 2.25. The van der Waals surface area contributed by atoms with E-state index in [0.717, 1.165) is 29.8 Å². The van der Waals surface area contributed by atoms with E-state index in [0.29, 0.717) is 17.3 Å². The van der Waals surface area contributed by atoms with Crippen LogP contribution in [0.2, 0.25) is 0 Å². The van der Waals surface area contributed by atoms with E-state index in [1.54, 1.807) is 12.1 Å². The summed E-state index contributed by atoms with van der Waals surface area (Å²) in [6.45, 7) is 1.82. The Balaban J connectivity index is 1.96. The molecular formula is C16H14FN3. The number of aryl methyl sites for hydroxylation is 1. The van der Waals surface area contributed by atoms with Crippen molar-refractivity contribution in [3.05, 3.63) is 53.0 Å². The fourth-order valence-corrected chi connectivity index (χ4v) is 2.16. The highest BCUT2D eigenvalue weighted by atomic mass is 19.1. The molecule has 1 heterocycles. The van der Waals surface area contributed by atoms with Crippen molar-refractivity contribution in [2.75, 3.05) is 5.32 Å². The minimum Gasteiger partial charge on any atom is -0.339 e. The van der Waals surface area contributed by atoms with Crippen LogP contribution in [-0.2, 0) is 0 Å². The van der Waals surface area contributed by atoms with Gasteiger partial charge in [-0.3, -0.25) is 0 Å². The van der Waals surface area contributed by atoms with E-state index in [-0.39, 0.29) is 5.82 Å². The molecule has 3 nitrogen and oxygen atoms in total. The fourth-order valence-electron chi connectivity index (χ4n) is 2.16. The number of pyridine rings is 1. The first kappa shape index (κ1) is 12.6. The topological polar surface area (TPSA) is 48.7 Å².